The van der Waals surface area contributed by atoms with E-state index < -0.39 is 17.4 Å². The molecule has 1 aliphatic rings. The molecule has 0 saturated carbocycles. The first-order valence-corrected chi connectivity index (χ1v) is 5.01. The molecule has 0 saturated heterocycles. The van der Waals surface area contributed by atoms with Gasteiger partial charge in [-0.15, -0.1) is 0 Å². The van der Waals surface area contributed by atoms with Crippen LogP contribution in [0.2, 0.25) is 0 Å². The summed E-state index contributed by atoms with van der Waals surface area (Å²) in [5.74, 6) is 0.00845. The third-order valence-corrected chi connectivity index (χ3v) is 3.33. The van der Waals surface area contributed by atoms with Gasteiger partial charge in [-0.2, -0.15) is 13.2 Å². The highest BCUT2D eigenvalue weighted by Crippen LogP contribution is 2.41. The monoisotopic (exact) mass is 207 g/mol. The van der Waals surface area contributed by atoms with Gasteiger partial charge in [0.15, 0.2) is 0 Å². The molecule has 0 amide bonds. The molecule has 1 atom stereocenters. The standard InChI is InChI=1S/C10H16F3N/c1-4-9(5-2)7(3)6-8(14-9)10(11,12)13/h7H,4-6H2,1-3H3. The molecule has 0 aromatic rings. The fraction of sp³-hybridized carbons (Fsp3) is 0.900. The van der Waals surface area contributed by atoms with E-state index in [2.05, 4.69) is 4.99 Å². The lowest BCUT2D eigenvalue weighted by atomic mass is 9.81. The van der Waals surface area contributed by atoms with Crippen LogP contribution in [0.1, 0.15) is 40.0 Å². The third-order valence-electron chi connectivity index (χ3n) is 3.33. The first-order chi connectivity index (χ1) is 6.35. The van der Waals surface area contributed by atoms with Gasteiger partial charge in [-0.25, -0.2) is 0 Å². The Bertz CT molecular complexity index is 238. The molecule has 0 spiro atoms. The second kappa shape index (κ2) is 3.55. The average molecular weight is 207 g/mol. The fourth-order valence-corrected chi connectivity index (χ4v) is 2.19. The Kier molecular flexibility index (Phi) is 2.93. The van der Waals surface area contributed by atoms with Crippen LogP contribution in [-0.4, -0.2) is 17.4 Å². The predicted molar refractivity (Wildman–Crippen MR) is 50.6 cm³/mol. The van der Waals surface area contributed by atoms with Crippen molar-refractivity contribution in [2.24, 2.45) is 10.9 Å². The van der Waals surface area contributed by atoms with E-state index in [0.717, 1.165) is 0 Å². The minimum Gasteiger partial charge on any atom is -0.278 e. The van der Waals surface area contributed by atoms with E-state index in [0.29, 0.717) is 12.8 Å². The summed E-state index contributed by atoms with van der Waals surface area (Å²) < 4.78 is 37.3. The molecule has 0 aromatic carbocycles. The summed E-state index contributed by atoms with van der Waals surface area (Å²) in [5.41, 5.74) is -1.04. The van der Waals surface area contributed by atoms with Crippen molar-refractivity contribution >= 4 is 5.71 Å². The van der Waals surface area contributed by atoms with E-state index >= 15 is 0 Å². The van der Waals surface area contributed by atoms with E-state index in [1.165, 1.54) is 0 Å². The van der Waals surface area contributed by atoms with Crippen LogP contribution in [0.15, 0.2) is 4.99 Å². The molecule has 0 bridgehead atoms. The van der Waals surface area contributed by atoms with Crippen molar-refractivity contribution in [1.29, 1.82) is 0 Å². The summed E-state index contributed by atoms with van der Waals surface area (Å²) in [6.07, 6.45) is -2.79. The zero-order valence-corrected chi connectivity index (χ0v) is 8.78. The highest BCUT2D eigenvalue weighted by molar-refractivity contribution is 5.92. The molecule has 0 radical (unpaired) electrons. The molecule has 14 heavy (non-hydrogen) atoms. The lowest BCUT2D eigenvalue weighted by molar-refractivity contribution is -0.0602. The maximum atomic E-state index is 12.4. The summed E-state index contributed by atoms with van der Waals surface area (Å²) in [6, 6.07) is 0. The molecule has 82 valence electrons. The van der Waals surface area contributed by atoms with E-state index in [4.69, 9.17) is 0 Å². The fourth-order valence-electron chi connectivity index (χ4n) is 2.19. The number of hydrogen-bond acceptors (Lipinski definition) is 1. The number of halogens is 3. The molecule has 0 aliphatic carbocycles. The summed E-state index contributed by atoms with van der Waals surface area (Å²) in [5, 5.41) is 0. The quantitative estimate of drug-likeness (QED) is 0.656. The second-order valence-corrected chi connectivity index (χ2v) is 3.97. The predicted octanol–water partition coefficient (Wildman–Crippen LogP) is 3.59. The first kappa shape index (κ1) is 11.5. The van der Waals surface area contributed by atoms with Crippen molar-refractivity contribution in [2.45, 2.75) is 51.7 Å². The number of alkyl halides is 3. The van der Waals surface area contributed by atoms with Crippen LogP contribution in [0.5, 0.6) is 0 Å². The summed E-state index contributed by atoms with van der Waals surface area (Å²) in [4.78, 5) is 3.90. The Morgan fingerprint density at radius 1 is 1.36 bits per heavy atom. The minimum absolute atomic E-state index is 0.00845. The number of nitrogens with zero attached hydrogens (tertiary/aromatic N) is 1. The lowest BCUT2D eigenvalue weighted by Gasteiger charge is -2.28. The smallest absolute Gasteiger partial charge is 0.278 e. The van der Waals surface area contributed by atoms with Crippen molar-refractivity contribution < 1.29 is 13.2 Å². The Balaban J connectivity index is 2.96. The van der Waals surface area contributed by atoms with E-state index in [-0.39, 0.29) is 12.3 Å². The molecule has 0 fully saturated rings. The Labute approximate surface area is 82.4 Å². The Morgan fingerprint density at radius 2 is 1.86 bits per heavy atom. The van der Waals surface area contributed by atoms with Crippen molar-refractivity contribution in [3.05, 3.63) is 0 Å². The van der Waals surface area contributed by atoms with Gasteiger partial charge in [0, 0.05) is 0 Å². The molecule has 1 heterocycles. The van der Waals surface area contributed by atoms with Gasteiger partial charge in [-0.3, -0.25) is 4.99 Å². The number of hydrogen-bond donors (Lipinski definition) is 0. The van der Waals surface area contributed by atoms with Crippen molar-refractivity contribution in [3.8, 4) is 0 Å². The molecule has 1 rings (SSSR count). The molecule has 1 unspecified atom stereocenters. The zero-order valence-electron chi connectivity index (χ0n) is 8.78. The Morgan fingerprint density at radius 3 is 2.07 bits per heavy atom. The Hall–Kier alpha value is -0.540. The number of aliphatic imine (C=N–C) groups is 1. The topological polar surface area (TPSA) is 12.4 Å². The maximum absolute atomic E-state index is 12.4. The van der Waals surface area contributed by atoms with Gasteiger partial charge >= 0.3 is 6.18 Å². The van der Waals surface area contributed by atoms with Gasteiger partial charge in [0.05, 0.1) is 5.54 Å². The molecule has 0 aromatic heterocycles. The average Bonchev–Trinajstić information content (AvgIpc) is 2.43. The van der Waals surface area contributed by atoms with Crippen molar-refractivity contribution in [3.63, 3.8) is 0 Å². The molecule has 1 nitrogen and oxygen atoms in total. The largest absolute Gasteiger partial charge is 0.429 e. The normalized spacial score (nSPS) is 26.4. The molecule has 0 N–H and O–H groups in total. The summed E-state index contributed by atoms with van der Waals surface area (Å²) >= 11 is 0. The number of rotatable bonds is 2. The van der Waals surface area contributed by atoms with Crippen LogP contribution in [0.3, 0.4) is 0 Å². The zero-order chi connectivity index (χ0) is 11.0. The third kappa shape index (κ3) is 1.79. The second-order valence-electron chi connectivity index (χ2n) is 3.97. The molecular weight excluding hydrogens is 191 g/mol. The van der Waals surface area contributed by atoms with Gasteiger partial charge in [-0.05, 0) is 25.2 Å². The summed E-state index contributed by atoms with van der Waals surface area (Å²) in [6.45, 7) is 5.67. The van der Waals surface area contributed by atoms with Gasteiger partial charge in [-0.1, -0.05) is 20.8 Å². The molecule has 1 aliphatic heterocycles. The van der Waals surface area contributed by atoms with Crippen molar-refractivity contribution in [1.82, 2.24) is 0 Å². The van der Waals surface area contributed by atoms with Crippen LogP contribution in [0.25, 0.3) is 0 Å². The molecular formula is C10H16F3N. The first-order valence-electron chi connectivity index (χ1n) is 5.01. The maximum Gasteiger partial charge on any atom is 0.429 e. The lowest BCUT2D eigenvalue weighted by Crippen LogP contribution is -2.28. The van der Waals surface area contributed by atoms with Gasteiger partial charge < -0.3 is 0 Å². The highest BCUT2D eigenvalue weighted by atomic mass is 19.4. The minimum atomic E-state index is -4.24. The van der Waals surface area contributed by atoms with E-state index in [9.17, 15) is 13.2 Å². The van der Waals surface area contributed by atoms with Crippen LogP contribution in [0, 0.1) is 5.92 Å². The van der Waals surface area contributed by atoms with Crippen LogP contribution < -0.4 is 0 Å². The van der Waals surface area contributed by atoms with Gasteiger partial charge in [0.1, 0.15) is 5.71 Å². The summed E-state index contributed by atoms with van der Waals surface area (Å²) in [7, 11) is 0. The van der Waals surface area contributed by atoms with Gasteiger partial charge in [0.25, 0.3) is 0 Å². The SMILES string of the molecule is CCC1(CC)N=C(C(F)(F)F)CC1C. The van der Waals surface area contributed by atoms with Crippen LogP contribution >= 0.6 is 0 Å². The van der Waals surface area contributed by atoms with Crippen LogP contribution in [-0.2, 0) is 0 Å². The van der Waals surface area contributed by atoms with Gasteiger partial charge in [0.2, 0.25) is 0 Å². The molecule has 4 heteroatoms. The highest BCUT2D eigenvalue weighted by Gasteiger charge is 2.47. The van der Waals surface area contributed by atoms with E-state index in [1.54, 1.807) is 0 Å². The van der Waals surface area contributed by atoms with E-state index in [1.807, 2.05) is 20.8 Å². The van der Waals surface area contributed by atoms with Crippen LogP contribution in [0.4, 0.5) is 13.2 Å². The van der Waals surface area contributed by atoms with Crippen molar-refractivity contribution in [2.75, 3.05) is 0 Å².